The molecule has 0 saturated heterocycles. The average Bonchev–Trinajstić information content (AvgIpc) is 3.50. The number of carbonyl (C=O) groups is 2. The summed E-state index contributed by atoms with van der Waals surface area (Å²) in [6, 6.07) is 13.2. The van der Waals surface area contributed by atoms with Crippen molar-refractivity contribution >= 4 is 39.1 Å². The molecule has 4 rings (SSSR count). The molecule has 1 aliphatic rings. The smallest absolute Gasteiger partial charge is 0.352 e. The number of amides is 2. The maximum atomic E-state index is 14.1. The standard InChI is InChI=1S/C31H32ClF4N3O4S/c1-2-27(30(41)37-24-8-6-7-9-24)38(19-21-12-15-23(33)16-13-21)29(40)20-39(44(42,43)25-10-4-3-5-11-25)28-18-22(31(34,35)36)14-17-26(28)32/h3-5,10-18,24,27H,2,6-9,19-20H2,1H3,(H,37,41). The van der Waals surface area contributed by atoms with Crippen LogP contribution in [0.5, 0.6) is 0 Å². The highest BCUT2D eigenvalue weighted by atomic mass is 35.5. The molecule has 3 aromatic carbocycles. The van der Waals surface area contributed by atoms with Crippen molar-refractivity contribution < 1.29 is 35.6 Å². The fourth-order valence-electron chi connectivity index (χ4n) is 5.19. The van der Waals surface area contributed by atoms with Gasteiger partial charge in [0.1, 0.15) is 18.4 Å². The second-order valence-electron chi connectivity index (χ2n) is 10.6. The van der Waals surface area contributed by atoms with Crippen LogP contribution in [0.2, 0.25) is 5.02 Å². The van der Waals surface area contributed by atoms with Crippen molar-refractivity contribution in [2.24, 2.45) is 0 Å². The number of alkyl halides is 3. The third-order valence-corrected chi connectivity index (χ3v) is 9.60. The molecule has 0 radical (unpaired) electrons. The molecule has 0 aliphatic heterocycles. The fraction of sp³-hybridized carbons (Fsp3) is 0.355. The van der Waals surface area contributed by atoms with Gasteiger partial charge in [-0.3, -0.25) is 13.9 Å². The van der Waals surface area contributed by atoms with Crippen molar-refractivity contribution in [3.63, 3.8) is 0 Å². The number of benzene rings is 3. The average molecular weight is 654 g/mol. The molecule has 1 unspecified atom stereocenters. The molecule has 44 heavy (non-hydrogen) atoms. The van der Waals surface area contributed by atoms with Crippen molar-refractivity contribution in [2.45, 2.75) is 68.7 Å². The van der Waals surface area contributed by atoms with Crippen LogP contribution in [0.4, 0.5) is 23.2 Å². The summed E-state index contributed by atoms with van der Waals surface area (Å²) in [5.74, 6) is -1.82. The Morgan fingerprint density at radius 2 is 1.64 bits per heavy atom. The Kier molecular flexibility index (Phi) is 10.6. The number of hydrogen-bond donors (Lipinski definition) is 1. The molecule has 1 N–H and O–H groups in total. The van der Waals surface area contributed by atoms with Crippen LogP contribution >= 0.6 is 11.6 Å². The van der Waals surface area contributed by atoms with Crippen LogP contribution in [0.25, 0.3) is 0 Å². The Balaban J connectivity index is 1.78. The Morgan fingerprint density at radius 1 is 1.00 bits per heavy atom. The zero-order chi connectivity index (χ0) is 32.1. The zero-order valence-corrected chi connectivity index (χ0v) is 25.4. The molecule has 0 heterocycles. The fourth-order valence-corrected chi connectivity index (χ4v) is 6.90. The number of carbonyl (C=O) groups excluding carboxylic acids is 2. The summed E-state index contributed by atoms with van der Waals surface area (Å²) in [5, 5.41) is 2.63. The van der Waals surface area contributed by atoms with Crippen LogP contribution in [0.1, 0.15) is 50.2 Å². The van der Waals surface area contributed by atoms with Gasteiger partial charge in [0.15, 0.2) is 0 Å². The van der Waals surface area contributed by atoms with E-state index in [4.69, 9.17) is 11.6 Å². The molecule has 1 aliphatic carbocycles. The molecule has 2 amide bonds. The number of anilines is 1. The summed E-state index contributed by atoms with van der Waals surface area (Å²) in [6.45, 7) is 0.532. The second-order valence-corrected chi connectivity index (χ2v) is 12.8. The van der Waals surface area contributed by atoms with Gasteiger partial charge >= 0.3 is 6.18 Å². The lowest BCUT2D eigenvalue weighted by Gasteiger charge is -2.34. The third kappa shape index (κ3) is 7.89. The Labute approximate surface area is 258 Å². The van der Waals surface area contributed by atoms with Crippen molar-refractivity contribution in [3.8, 4) is 0 Å². The van der Waals surface area contributed by atoms with E-state index in [0.29, 0.717) is 22.0 Å². The third-order valence-electron chi connectivity index (χ3n) is 7.51. The molecule has 0 aromatic heterocycles. The van der Waals surface area contributed by atoms with E-state index in [1.54, 1.807) is 13.0 Å². The molecule has 1 saturated carbocycles. The first-order valence-corrected chi connectivity index (χ1v) is 15.9. The molecular formula is C31H32ClF4N3O4S. The monoisotopic (exact) mass is 653 g/mol. The van der Waals surface area contributed by atoms with E-state index in [1.165, 1.54) is 53.4 Å². The number of sulfonamides is 1. The lowest BCUT2D eigenvalue weighted by atomic mass is 10.1. The highest BCUT2D eigenvalue weighted by Crippen LogP contribution is 2.37. The largest absolute Gasteiger partial charge is 0.416 e. The van der Waals surface area contributed by atoms with Crippen molar-refractivity contribution in [1.82, 2.24) is 10.2 Å². The Morgan fingerprint density at radius 3 is 2.23 bits per heavy atom. The van der Waals surface area contributed by atoms with Crippen molar-refractivity contribution in [2.75, 3.05) is 10.8 Å². The highest BCUT2D eigenvalue weighted by molar-refractivity contribution is 7.92. The summed E-state index contributed by atoms with van der Waals surface area (Å²) in [4.78, 5) is 28.5. The predicted octanol–water partition coefficient (Wildman–Crippen LogP) is 6.56. The van der Waals surface area contributed by atoms with E-state index in [-0.39, 0.29) is 28.9 Å². The van der Waals surface area contributed by atoms with Crippen molar-refractivity contribution in [3.05, 3.63) is 94.8 Å². The summed E-state index contributed by atoms with van der Waals surface area (Å²) in [6.07, 6.45) is -1.21. The first-order valence-electron chi connectivity index (χ1n) is 14.1. The van der Waals surface area contributed by atoms with E-state index < -0.39 is 57.7 Å². The minimum Gasteiger partial charge on any atom is -0.352 e. The Hall–Kier alpha value is -3.64. The maximum absolute atomic E-state index is 14.1. The minimum absolute atomic E-state index is 0.0711. The van der Waals surface area contributed by atoms with E-state index in [2.05, 4.69) is 5.32 Å². The number of rotatable bonds is 11. The molecule has 13 heteroatoms. The van der Waals surface area contributed by atoms with Gasteiger partial charge in [-0.1, -0.05) is 61.7 Å². The van der Waals surface area contributed by atoms with Gasteiger partial charge in [-0.25, -0.2) is 12.8 Å². The molecular weight excluding hydrogens is 622 g/mol. The summed E-state index contributed by atoms with van der Waals surface area (Å²) in [7, 11) is -4.63. The number of hydrogen-bond acceptors (Lipinski definition) is 4. The van der Waals surface area contributed by atoms with Gasteiger partial charge < -0.3 is 10.2 Å². The summed E-state index contributed by atoms with van der Waals surface area (Å²) >= 11 is 6.28. The summed E-state index contributed by atoms with van der Waals surface area (Å²) in [5.41, 5.74) is -1.26. The quantitative estimate of drug-likeness (QED) is 0.238. The van der Waals surface area contributed by atoms with Crippen LogP contribution in [-0.4, -0.2) is 43.8 Å². The highest BCUT2D eigenvalue weighted by Gasteiger charge is 2.37. The first kappa shape index (κ1) is 33.3. The summed E-state index contributed by atoms with van der Waals surface area (Å²) < 4.78 is 83.1. The van der Waals surface area contributed by atoms with Gasteiger partial charge in [0, 0.05) is 12.6 Å². The first-order chi connectivity index (χ1) is 20.8. The van der Waals surface area contributed by atoms with Gasteiger partial charge in [0.05, 0.1) is 21.2 Å². The van der Waals surface area contributed by atoms with E-state index in [1.807, 2.05) is 0 Å². The molecule has 0 spiro atoms. The van der Waals surface area contributed by atoms with Crippen LogP contribution in [0, 0.1) is 5.82 Å². The Bertz CT molecular complexity index is 1560. The van der Waals surface area contributed by atoms with Crippen LogP contribution in [0.3, 0.4) is 0 Å². The number of nitrogens with zero attached hydrogens (tertiary/aromatic N) is 2. The maximum Gasteiger partial charge on any atom is 0.416 e. The van der Waals surface area contributed by atoms with E-state index >= 15 is 0 Å². The topological polar surface area (TPSA) is 86.8 Å². The second kappa shape index (κ2) is 14.0. The zero-order valence-electron chi connectivity index (χ0n) is 23.9. The van der Waals surface area contributed by atoms with Gasteiger partial charge in [0.25, 0.3) is 10.0 Å². The SMILES string of the molecule is CCC(C(=O)NC1CCCC1)N(Cc1ccc(F)cc1)C(=O)CN(c1cc(C(F)(F)F)ccc1Cl)S(=O)(=O)c1ccccc1. The predicted molar refractivity (Wildman–Crippen MR) is 159 cm³/mol. The lowest BCUT2D eigenvalue weighted by Crippen LogP contribution is -2.53. The normalized spacial score (nSPS) is 14.7. The molecule has 0 bridgehead atoms. The molecule has 7 nitrogen and oxygen atoms in total. The number of halogens is 5. The van der Waals surface area contributed by atoms with Crippen molar-refractivity contribution in [1.29, 1.82) is 0 Å². The molecule has 1 fully saturated rings. The van der Waals surface area contributed by atoms with Gasteiger partial charge in [-0.2, -0.15) is 13.2 Å². The van der Waals surface area contributed by atoms with Crippen LogP contribution in [-0.2, 0) is 32.3 Å². The van der Waals surface area contributed by atoms with E-state index in [9.17, 15) is 35.6 Å². The van der Waals surface area contributed by atoms with E-state index in [0.717, 1.165) is 31.7 Å². The van der Waals surface area contributed by atoms with Crippen LogP contribution < -0.4 is 9.62 Å². The number of nitrogens with one attached hydrogen (secondary N) is 1. The minimum atomic E-state index is -4.83. The molecule has 236 valence electrons. The van der Waals surface area contributed by atoms with Gasteiger partial charge in [-0.15, -0.1) is 0 Å². The van der Waals surface area contributed by atoms with Crippen LogP contribution in [0.15, 0.2) is 77.7 Å². The van der Waals surface area contributed by atoms with Gasteiger partial charge in [0.2, 0.25) is 11.8 Å². The lowest BCUT2D eigenvalue weighted by molar-refractivity contribution is -0.140. The molecule has 1 atom stereocenters. The van der Waals surface area contributed by atoms with Gasteiger partial charge in [-0.05, 0) is 67.3 Å². The molecule has 3 aromatic rings.